The van der Waals surface area contributed by atoms with Crippen LogP contribution < -0.4 is 20.4 Å². The van der Waals surface area contributed by atoms with E-state index in [1.807, 2.05) is 0 Å². The Balaban J connectivity index is 1.69. The smallest absolute Gasteiger partial charge is 0.229 e. The van der Waals surface area contributed by atoms with E-state index in [0.717, 1.165) is 0 Å². The number of methoxy groups -OCH3 is 1. The fraction of sp³-hybridized carbons (Fsp3) is 0.273. The van der Waals surface area contributed by atoms with Crippen LogP contribution in [0.25, 0.3) is 0 Å². The highest BCUT2D eigenvalue weighted by molar-refractivity contribution is 7.92. The molecule has 1 fully saturated rings. The zero-order valence-electron chi connectivity index (χ0n) is 18.8. The summed E-state index contributed by atoms with van der Waals surface area (Å²) in [5.74, 6) is 0.422. The van der Waals surface area contributed by atoms with Gasteiger partial charge in [0.2, 0.25) is 5.95 Å². The molecule has 12 heteroatoms. The summed E-state index contributed by atoms with van der Waals surface area (Å²) in [6, 6.07) is 11.2. The lowest BCUT2D eigenvalue weighted by Crippen LogP contribution is -2.18. The molecule has 0 amide bonds. The van der Waals surface area contributed by atoms with Crippen LogP contribution in [0.15, 0.2) is 53.6 Å². The van der Waals surface area contributed by atoms with E-state index in [-0.39, 0.29) is 27.4 Å². The maximum Gasteiger partial charge on any atom is 0.229 e. The number of aromatic nitrogens is 2. The third-order valence-electron chi connectivity index (χ3n) is 5.34. The lowest BCUT2D eigenvalue weighted by Gasteiger charge is -2.21. The van der Waals surface area contributed by atoms with Crippen LogP contribution >= 0.6 is 18.7 Å². The van der Waals surface area contributed by atoms with Crippen LogP contribution in [0.3, 0.4) is 0 Å². The normalized spacial score (nSPS) is 14.0. The summed E-state index contributed by atoms with van der Waals surface area (Å²) >= 11 is 6.26. The topological polar surface area (TPSA) is 122 Å². The Bertz CT molecular complexity index is 1390. The van der Waals surface area contributed by atoms with Crippen molar-refractivity contribution >= 4 is 57.0 Å². The minimum absolute atomic E-state index is 0.00464. The van der Waals surface area contributed by atoms with Crippen molar-refractivity contribution in [1.82, 2.24) is 9.97 Å². The predicted octanol–water partition coefficient (Wildman–Crippen LogP) is 4.59. The number of rotatable bonds is 8. The van der Waals surface area contributed by atoms with Gasteiger partial charge in [0.1, 0.15) is 17.9 Å². The van der Waals surface area contributed by atoms with Gasteiger partial charge in [-0.3, -0.25) is 5.21 Å². The Labute approximate surface area is 203 Å². The number of para-hydroxylation sites is 1. The molecule has 34 heavy (non-hydrogen) atoms. The van der Waals surface area contributed by atoms with Crippen molar-refractivity contribution in [2.75, 3.05) is 30.8 Å². The minimum Gasteiger partial charge on any atom is -0.495 e. The Hall–Kier alpha value is -2.65. The Morgan fingerprint density at radius 3 is 2.56 bits per heavy atom. The lowest BCUT2D eigenvalue weighted by atomic mass is 10.3. The van der Waals surface area contributed by atoms with E-state index in [1.165, 1.54) is 25.4 Å². The summed E-state index contributed by atoms with van der Waals surface area (Å²) in [7, 11) is -4.59. The average molecular weight is 523 g/mol. The van der Waals surface area contributed by atoms with Crippen LogP contribution in [0.2, 0.25) is 5.02 Å². The Morgan fingerprint density at radius 1 is 1.21 bits per heavy atom. The molecule has 4 rings (SSSR count). The van der Waals surface area contributed by atoms with Crippen LogP contribution in [-0.4, -0.2) is 49.3 Å². The van der Waals surface area contributed by atoms with Gasteiger partial charge in [0, 0.05) is 5.30 Å². The second kappa shape index (κ2) is 9.19. The number of hydrogen-bond acceptors (Lipinski definition) is 9. The summed E-state index contributed by atoms with van der Waals surface area (Å²) in [5, 5.41) is 14.8. The maximum atomic E-state index is 12.9. The third kappa shape index (κ3) is 4.90. The van der Waals surface area contributed by atoms with Gasteiger partial charge < -0.3 is 14.6 Å². The largest absolute Gasteiger partial charge is 0.495 e. The van der Waals surface area contributed by atoms with Crippen LogP contribution in [0.1, 0.15) is 12.8 Å². The van der Waals surface area contributed by atoms with Gasteiger partial charge >= 0.3 is 0 Å². The number of ether oxygens (including phenoxy) is 1. The van der Waals surface area contributed by atoms with Gasteiger partial charge in [-0.15, -0.1) is 0 Å². The average Bonchev–Trinajstić information content (AvgIpc) is 3.65. The fourth-order valence-electron chi connectivity index (χ4n) is 3.35. The van der Waals surface area contributed by atoms with Gasteiger partial charge in [0.15, 0.2) is 15.7 Å². The van der Waals surface area contributed by atoms with Gasteiger partial charge in [0.25, 0.3) is 0 Å². The van der Waals surface area contributed by atoms with Crippen molar-refractivity contribution in [1.29, 1.82) is 0 Å². The molecule has 0 saturated heterocycles. The molecule has 1 saturated carbocycles. The first-order valence-electron chi connectivity index (χ1n) is 10.4. The SMILES string of the molecule is COc1cc(P(C)(C)=O)ccc1Nc1ncc(Cl)c(N(O)c2ccccc2S(=O)(=O)C2CC2)n1. The van der Waals surface area contributed by atoms with Crippen molar-refractivity contribution in [3.63, 3.8) is 0 Å². The second-order valence-corrected chi connectivity index (χ2v) is 14.1. The lowest BCUT2D eigenvalue weighted by molar-refractivity contribution is 0.295. The zero-order valence-corrected chi connectivity index (χ0v) is 21.2. The summed E-state index contributed by atoms with van der Waals surface area (Å²) in [6.45, 7) is 3.33. The molecule has 0 bridgehead atoms. The van der Waals surface area contributed by atoms with Crippen molar-refractivity contribution in [2.24, 2.45) is 0 Å². The van der Waals surface area contributed by atoms with Gasteiger partial charge in [-0.1, -0.05) is 23.7 Å². The molecule has 0 spiro atoms. The molecule has 1 aromatic heterocycles. The molecule has 0 unspecified atom stereocenters. The van der Waals surface area contributed by atoms with Crippen molar-refractivity contribution < 1.29 is 22.9 Å². The van der Waals surface area contributed by atoms with E-state index in [4.69, 9.17) is 16.3 Å². The first kappa shape index (κ1) is 24.5. The van der Waals surface area contributed by atoms with Crippen LogP contribution in [0.4, 0.5) is 23.1 Å². The number of hydrogen-bond donors (Lipinski definition) is 2. The molecule has 1 aliphatic rings. The third-order valence-corrected chi connectivity index (χ3v) is 9.44. The highest BCUT2D eigenvalue weighted by Crippen LogP contribution is 2.40. The van der Waals surface area contributed by atoms with E-state index < -0.39 is 22.2 Å². The number of nitrogens with one attached hydrogen (secondary N) is 1. The molecule has 180 valence electrons. The molecular formula is C22H24ClN4O5PS. The number of benzene rings is 2. The van der Waals surface area contributed by atoms with E-state index >= 15 is 0 Å². The number of halogens is 1. The second-order valence-electron chi connectivity index (χ2n) is 8.25. The molecule has 0 aliphatic heterocycles. The monoisotopic (exact) mass is 522 g/mol. The summed E-state index contributed by atoms with van der Waals surface area (Å²) in [4.78, 5) is 8.44. The number of anilines is 4. The molecule has 3 aromatic rings. The van der Waals surface area contributed by atoms with Crippen molar-refractivity contribution in [3.8, 4) is 5.75 Å². The molecule has 2 aromatic carbocycles. The highest BCUT2D eigenvalue weighted by atomic mass is 35.5. The van der Waals surface area contributed by atoms with E-state index in [0.29, 0.717) is 34.6 Å². The quantitative estimate of drug-likeness (QED) is 0.323. The van der Waals surface area contributed by atoms with E-state index in [2.05, 4.69) is 15.3 Å². The fourth-order valence-corrected chi connectivity index (χ4v) is 6.21. The molecule has 9 nitrogen and oxygen atoms in total. The maximum absolute atomic E-state index is 12.9. The number of sulfone groups is 1. The first-order valence-corrected chi connectivity index (χ1v) is 14.9. The standard InChI is InChI=1S/C22H24ClN4O5PS/c1-32-19-12-14(33(2,3)29)8-11-17(19)25-22-24-13-16(23)21(26-22)27(28)18-6-4-5-7-20(18)34(30,31)15-9-10-15/h4-8,11-13,15,28H,9-10H2,1-3H3,(H,24,25,26). The molecular weight excluding hydrogens is 499 g/mol. The van der Waals surface area contributed by atoms with Crippen molar-refractivity contribution in [3.05, 3.63) is 53.7 Å². The Morgan fingerprint density at radius 2 is 1.91 bits per heavy atom. The molecule has 2 N–H and O–H groups in total. The number of nitrogens with zero attached hydrogens (tertiary/aromatic N) is 3. The summed E-state index contributed by atoms with van der Waals surface area (Å²) < 4.78 is 43.5. The molecule has 0 atom stereocenters. The van der Waals surface area contributed by atoms with Crippen LogP contribution in [-0.2, 0) is 14.4 Å². The van der Waals surface area contributed by atoms with Crippen molar-refractivity contribution in [2.45, 2.75) is 23.0 Å². The summed E-state index contributed by atoms with van der Waals surface area (Å²) in [6.07, 6.45) is 2.48. The van der Waals surface area contributed by atoms with Gasteiger partial charge in [0.05, 0.1) is 34.8 Å². The van der Waals surface area contributed by atoms with E-state index in [9.17, 15) is 18.2 Å². The molecule has 1 heterocycles. The van der Waals surface area contributed by atoms with E-state index in [1.54, 1.807) is 43.7 Å². The predicted molar refractivity (Wildman–Crippen MR) is 133 cm³/mol. The highest BCUT2D eigenvalue weighted by Gasteiger charge is 2.39. The van der Waals surface area contributed by atoms with Gasteiger partial charge in [-0.05, 0) is 56.5 Å². The Kier molecular flexibility index (Phi) is 6.61. The zero-order chi connectivity index (χ0) is 24.7. The molecule has 1 aliphatic carbocycles. The first-order chi connectivity index (χ1) is 16.0. The van der Waals surface area contributed by atoms with Crippen LogP contribution in [0, 0.1) is 0 Å². The van der Waals surface area contributed by atoms with Gasteiger partial charge in [-0.25, -0.2) is 18.5 Å². The van der Waals surface area contributed by atoms with Gasteiger partial charge in [-0.2, -0.15) is 4.98 Å². The minimum atomic E-state index is -3.59. The molecule has 0 radical (unpaired) electrons. The summed E-state index contributed by atoms with van der Waals surface area (Å²) in [5.41, 5.74) is 0.554. The van der Waals surface area contributed by atoms with Crippen LogP contribution in [0.5, 0.6) is 5.75 Å².